The van der Waals surface area contributed by atoms with Crippen LogP contribution in [0.25, 0.3) is 11.3 Å². The molecule has 4 nitrogen and oxygen atoms in total. The van der Waals surface area contributed by atoms with Gasteiger partial charge in [-0.2, -0.15) is 5.10 Å². The number of nitrogens with two attached hydrogens (primary N) is 1. The van der Waals surface area contributed by atoms with E-state index in [-0.39, 0.29) is 0 Å². The number of nitrogen functional groups attached to an aromatic ring is 1. The predicted molar refractivity (Wildman–Crippen MR) is 50.9 cm³/mol. The van der Waals surface area contributed by atoms with Gasteiger partial charge in [0.15, 0.2) is 0 Å². The fraction of sp³-hybridized carbons (Fsp3) is 0.111. The zero-order valence-electron chi connectivity index (χ0n) is 7.31. The van der Waals surface area contributed by atoms with Crippen molar-refractivity contribution < 1.29 is 0 Å². The number of anilines is 1. The Morgan fingerprint density at radius 3 is 2.85 bits per heavy atom. The Balaban J connectivity index is 2.52. The number of hydrogen-bond acceptors (Lipinski definition) is 3. The third-order valence-corrected chi connectivity index (χ3v) is 1.84. The molecule has 0 unspecified atom stereocenters. The Hall–Kier alpha value is -1.84. The molecule has 0 fully saturated rings. The van der Waals surface area contributed by atoms with Crippen LogP contribution in [0.5, 0.6) is 0 Å². The monoisotopic (exact) mass is 174 g/mol. The highest BCUT2D eigenvalue weighted by Crippen LogP contribution is 2.21. The fourth-order valence-electron chi connectivity index (χ4n) is 1.20. The van der Waals surface area contributed by atoms with Crippen molar-refractivity contribution in [3.8, 4) is 11.3 Å². The third kappa shape index (κ3) is 1.38. The van der Waals surface area contributed by atoms with Crippen LogP contribution in [0.1, 0.15) is 0 Å². The maximum atomic E-state index is 5.75. The second-order valence-electron chi connectivity index (χ2n) is 2.84. The number of nitrogens with zero attached hydrogens (tertiary/aromatic N) is 3. The number of aryl methyl sites for hydroxylation is 1. The van der Waals surface area contributed by atoms with Crippen molar-refractivity contribution >= 4 is 5.69 Å². The minimum Gasteiger partial charge on any atom is -0.397 e. The van der Waals surface area contributed by atoms with E-state index in [0.29, 0.717) is 5.69 Å². The van der Waals surface area contributed by atoms with Gasteiger partial charge in [0.25, 0.3) is 0 Å². The smallest absolute Gasteiger partial charge is 0.0944 e. The van der Waals surface area contributed by atoms with Crippen LogP contribution in [-0.4, -0.2) is 14.8 Å². The van der Waals surface area contributed by atoms with E-state index in [1.54, 1.807) is 17.1 Å². The van der Waals surface area contributed by atoms with Gasteiger partial charge < -0.3 is 5.73 Å². The van der Waals surface area contributed by atoms with Gasteiger partial charge in [0, 0.05) is 25.0 Å². The normalized spacial score (nSPS) is 10.2. The lowest BCUT2D eigenvalue weighted by Crippen LogP contribution is -1.92. The molecule has 66 valence electrons. The highest BCUT2D eigenvalue weighted by molar-refractivity contribution is 5.72. The molecule has 0 aromatic carbocycles. The molecule has 0 aliphatic rings. The van der Waals surface area contributed by atoms with E-state index in [0.717, 1.165) is 11.3 Å². The summed E-state index contributed by atoms with van der Waals surface area (Å²) in [7, 11) is 1.88. The molecule has 0 saturated heterocycles. The van der Waals surface area contributed by atoms with E-state index in [1.807, 2.05) is 25.4 Å². The molecule has 0 saturated carbocycles. The molecular formula is C9H10N4. The van der Waals surface area contributed by atoms with Crippen molar-refractivity contribution in [2.24, 2.45) is 7.05 Å². The van der Waals surface area contributed by atoms with Crippen LogP contribution in [0.4, 0.5) is 5.69 Å². The Kier molecular flexibility index (Phi) is 1.73. The molecule has 0 amide bonds. The van der Waals surface area contributed by atoms with E-state index in [9.17, 15) is 0 Å². The zero-order chi connectivity index (χ0) is 9.26. The van der Waals surface area contributed by atoms with Gasteiger partial charge in [-0.05, 0) is 12.1 Å². The summed E-state index contributed by atoms with van der Waals surface area (Å²) in [6.45, 7) is 0. The van der Waals surface area contributed by atoms with Gasteiger partial charge in [0.05, 0.1) is 17.6 Å². The summed E-state index contributed by atoms with van der Waals surface area (Å²) >= 11 is 0. The third-order valence-electron chi connectivity index (χ3n) is 1.84. The number of aromatic nitrogens is 3. The summed E-state index contributed by atoms with van der Waals surface area (Å²) in [6, 6.07) is 3.78. The van der Waals surface area contributed by atoms with E-state index >= 15 is 0 Å². The minimum absolute atomic E-state index is 0.654. The molecule has 4 heteroatoms. The molecule has 0 atom stereocenters. The SMILES string of the molecule is Cn1ccc(-c2ccncc2N)n1. The fourth-order valence-corrected chi connectivity index (χ4v) is 1.20. The first-order valence-electron chi connectivity index (χ1n) is 3.97. The summed E-state index contributed by atoms with van der Waals surface area (Å²) in [5.74, 6) is 0. The van der Waals surface area contributed by atoms with E-state index in [2.05, 4.69) is 10.1 Å². The van der Waals surface area contributed by atoms with Gasteiger partial charge in [-0.15, -0.1) is 0 Å². The van der Waals surface area contributed by atoms with Crippen molar-refractivity contribution in [2.45, 2.75) is 0 Å². The largest absolute Gasteiger partial charge is 0.397 e. The maximum absolute atomic E-state index is 5.75. The zero-order valence-corrected chi connectivity index (χ0v) is 7.31. The summed E-state index contributed by atoms with van der Waals surface area (Å²) in [6.07, 6.45) is 5.22. The Morgan fingerprint density at radius 2 is 2.23 bits per heavy atom. The first-order chi connectivity index (χ1) is 6.27. The van der Waals surface area contributed by atoms with Crippen LogP contribution in [-0.2, 0) is 7.05 Å². The first-order valence-corrected chi connectivity index (χ1v) is 3.97. The molecule has 0 bridgehead atoms. The van der Waals surface area contributed by atoms with Crippen LogP contribution >= 0.6 is 0 Å². The quantitative estimate of drug-likeness (QED) is 0.703. The molecule has 2 N–H and O–H groups in total. The molecule has 2 aromatic rings. The molecule has 0 aliphatic carbocycles. The summed E-state index contributed by atoms with van der Waals surface area (Å²) in [5, 5.41) is 4.25. The van der Waals surface area contributed by atoms with Crippen molar-refractivity contribution in [1.82, 2.24) is 14.8 Å². The van der Waals surface area contributed by atoms with Crippen LogP contribution in [0.2, 0.25) is 0 Å². The Labute approximate surface area is 76.0 Å². The highest BCUT2D eigenvalue weighted by atomic mass is 15.2. The molecule has 0 aliphatic heterocycles. The molecule has 0 radical (unpaired) electrons. The maximum Gasteiger partial charge on any atom is 0.0944 e. The van der Waals surface area contributed by atoms with E-state index in [4.69, 9.17) is 5.73 Å². The van der Waals surface area contributed by atoms with Crippen LogP contribution in [0, 0.1) is 0 Å². The second-order valence-corrected chi connectivity index (χ2v) is 2.84. The predicted octanol–water partition coefficient (Wildman–Crippen LogP) is 1.06. The summed E-state index contributed by atoms with van der Waals surface area (Å²) < 4.78 is 1.75. The molecular weight excluding hydrogens is 164 g/mol. The number of rotatable bonds is 1. The summed E-state index contributed by atoms with van der Waals surface area (Å²) in [5.41, 5.74) is 8.21. The van der Waals surface area contributed by atoms with Crippen molar-refractivity contribution in [3.05, 3.63) is 30.7 Å². The molecule has 13 heavy (non-hydrogen) atoms. The van der Waals surface area contributed by atoms with Gasteiger partial charge in [0.1, 0.15) is 0 Å². The second kappa shape index (κ2) is 2.90. The Bertz CT molecular complexity index is 419. The standard InChI is InChI=1S/C9H10N4/c1-13-5-3-9(12-13)7-2-4-11-6-8(7)10/h2-6H,10H2,1H3. The van der Waals surface area contributed by atoms with Gasteiger partial charge in [-0.25, -0.2) is 0 Å². The molecule has 2 heterocycles. The topological polar surface area (TPSA) is 56.7 Å². The van der Waals surface area contributed by atoms with Gasteiger partial charge in [-0.3, -0.25) is 9.67 Å². The minimum atomic E-state index is 0.654. The van der Waals surface area contributed by atoms with Crippen molar-refractivity contribution in [1.29, 1.82) is 0 Å². The van der Waals surface area contributed by atoms with E-state index in [1.165, 1.54) is 0 Å². The lowest BCUT2D eigenvalue weighted by atomic mass is 10.2. The van der Waals surface area contributed by atoms with Gasteiger partial charge in [-0.1, -0.05) is 0 Å². The lowest BCUT2D eigenvalue weighted by molar-refractivity contribution is 0.771. The van der Waals surface area contributed by atoms with Crippen LogP contribution in [0.15, 0.2) is 30.7 Å². The number of hydrogen-bond donors (Lipinski definition) is 1. The van der Waals surface area contributed by atoms with Crippen LogP contribution in [0.3, 0.4) is 0 Å². The lowest BCUT2D eigenvalue weighted by Gasteiger charge is -1.99. The summed E-state index contributed by atoms with van der Waals surface area (Å²) in [4.78, 5) is 3.92. The van der Waals surface area contributed by atoms with Crippen LogP contribution < -0.4 is 5.73 Å². The average molecular weight is 174 g/mol. The highest BCUT2D eigenvalue weighted by Gasteiger charge is 2.03. The molecule has 2 rings (SSSR count). The average Bonchev–Trinajstić information content (AvgIpc) is 2.53. The molecule has 2 aromatic heterocycles. The first kappa shape index (κ1) is 7.79. The van der Waals surface area contributed by atoms with E-state index < -0.39 is 0 Å². The van der Waals surface area contributed by atoms with Gasteiger partial charge >= 0.3 is 0 Å². The number of pyridine rings is 1. The van der Waals surface area contributed by atoms with Gasteiger partial charge in [0.2, 0.25) is 0 Å². The van der Waals surface area contributed by atoms with Crippen molar-refractivity contribution in [3.63, 3.8) is 0 Å². The molecule has 0 spiro atoms. The Morgan fingerprint density at radius 1 is 1.38 bits per heavy atom. The van der Waals surface area contributed by atoms with Crippen molar-refractivity contribution in [2.75, 3.05) is 5.73 Å².